The Morgan fingerprint density at radius 1 is 1.32 bits per heavy atom. The smallest absolute Gasteiger partial charge is 0.356 e. The lowest BCUT2D eigenvalue weighted by Crippen LogP contribution is -2.08. The van der Waals surface area contributed by atoms with Gasteiger partial charge in [-0.2, -0.15) is 0 Å². The van der Waals surface area contributed by atoms with Crippen molar-refractivity contribution < 1.29 is 9.53 Å². The fourth-order valence-corrected chi connectivity index (χ4v) is 2.58. The van der Waals surface area contributed by atoms with E-state index in [9.17, 15) is 4.79 Å². The average Bonchev–Trinajstić information content (AvgIpc) is 2.49. The summed E-state index contributed by atoms with van der Waals surface area (Å²) in [6.45, 7) is 3.95. The number of esters is 1. The lowest BCUT2D eigenvalue weighted by molar-refractivity contribution is 0.0594. The molecule has 116 valence electrons. The maximum Gasteiger partial charge on any atom is 0.356 e. The van der Waals surface area contributed by atoms with E-state index in [2.05, 4.69) is 50.3 Å². The molecule has 6 heteroatoms. The maximum absolute atomic E-state index is 11.6. The highest BCUT2D eigenvalue weighted by atomic mass is 79.9. The highest BCUT2D eigenvalue weighted by Crippen LogP contribution is 2.26. The van der Waals surface area contributed by atoms with E-state index >= 15 is 0 Å². The first-order chi connectivity index (χ1) is 10.5. The highest BCUT2D eigenvalue weighted by molar-refractivity contribution is 9.10. The number of hydrogen-bond donors (Lipinski definition) is 1. The molecule has 0 unspecified atom stereocenters. The Morgan fingerprint density at radius 3 is 2.73 bits per heavy atom. The van der Waals surface area contributed by atoms with Gasteiger partial charge in [0.15, 0.2) is 5.69 Å². The van der Waals surface area contributed by atoms with Gasteiger partial charge in [-0.05, 0) is 53.0 Å². The Labute approximate surface area is 138 Å². The number of nitrogens with zero attached hydrogens (tertiary/aromatic N) is 2. The van der Waals surface area contributed by atoms with Gasteiger partial charge in [0.25, 0.3) is 0 Å². The largest absolute Gasteiger partial charge is 0.464 e. The maximum atomic E-state index is 11.6. The summed E-state index contributed by atoms with van der Waals surface area (Å²) in [5.41, 5.74) is 3.04. The number of aryl methyl sites for hydroxylation is 2. The van der Waals surface area contributed by atoms with E-state index in [-0.39, 0.29) is 5.69 Å². The van der Waals surface area contributed by atoms with Crippen molar-refractivity contribution in [3.05, 3.63) is 45.7 Å². The minimum Gasteiger partial charge on any atom is -0.464 e. The SMILES string of the molecule is CCCc1ccc(Nc2nc(C)cc(C(=O)OC)n2)c(Br)c1. The van der Waals surface area contributed by atoms with Crippen LogP contribution in [0.3, 0.4) is 0 Å². The van der Waals surface area contributed by atoms with Gasteiger partial charge in [0.2, 0.25) is 5.95 Å². The molecule has 1 heterocycles. The minimum absolute atomic E-state index is 0.233. The van der Waals surface area contributed by atoms with Gasteiger partial charge in [0.05, 0.1) is 12.8 Å². The Kier molecular flexibility index (Phi) is 5.49. The number of hydrogen-bond acceptors (Lipinski definition) is 5. The molecule has 0 atom stereocenters. The number of nitrogens with one attached hydrogen (secondary N) is 1. The van der Waals surface area contributed by atoms with Gasteiger partial charge in [-0.3, -0.25) is 0 Å². The van der Waals surface area contributed by atoms with Crippen LogP contribution in [0.15, 0.2) is 28.7 Å². The molecule has 0 aliphatic rings. The van der Waals surface area contributed by atoms with Crippen LogP contribution in [-0.4, -0.2) is 23.0 Å². The normalized spacial score (nSPS) is 10.4. The number of carbonyl (C=O) groups is 1. The Balaban J connectivity index is 2.27. The van der Waals surface area contributed by atoms with Gasteiger partial charge in [-0.1, -0.05) is 19.4 Å². The molecule has 0 bridgehead atoms. The highest BCUT2D eigenvalue weighted by Gasteiger charge is 2.11. The molecule has 5 nitrogen and oxygen atoms in total. The number of methoxy groups -OCH3 is 1. The van der Waals surface area contributed by atoms with Crippen molar-refractivity contribution in [2.24, 2.45) is 0 Å². The molecule has 0 spiro atoms. The van der Waals surface area contributed by atoms with Crippen molar-refractivity contribution in [3.63, 3.8) is 0 Å². The molecule has 0 saturated carbocycles. The molecule has 1 N–H and O–H groups in total. The molecule has 1 aromatic carbocycles. The number of carbonyl (C=O) groups excluding carboxylic acids is 1. The van der Waals surface area contributed by atoms with Crippen LogP contribution in [0, 0.1) is 6.92 Å². The fourth-order valence-electron chi connectivity index (χ4n) is 2.06. The van der Waals surface area contributed by atoms with Crippen molar-refractivity contribution >= 4 is 33.5 Å². The van der Waals surface area contributed by atoms with Crippen molar-refractivity contribution in [2.45, 2.75) is 26.7 Å². The van der Waals surface area contributed by atoms with E-state index in [1.807, 2.05) is 6.07 Å². The molecule has 0 amide bonds. The summed E-state index contributed by atoms with van der Waals surface area (Å²) in [5.74, 6) is -0.116. The van der Waals surface area contributed by atoms with E-state index in [4.69, 9.17) is 4.74 Å². The van der Waals surface area contributed by atoms with Gasteiger partial charge in [-0.15, -0.1) is 0 Å². The topological polar surface area (TPSA) is 64.1 Å². The average molecular weight is 364 g/mol. The van der Waals surface area contributed by atoms with Crippen LogP contribution in [0.1, 0.15) is 35.1 Å². The quantitative estimate of drug-likeness (QED) is 0.812. The molecule has 0 fully saturated rings. The lowest BCUT2D eigenvalue weighted by Gasteiger charge is -2.10. The third-order valence-corrected chi connectivity index (χ3v) is 3.72. The van der Waals surface area contributed by atoms with Crippen molar-refractivity contribution in [2.75, 3.05) is 12.4 Å². The summed E-state index contributed by atoms with van der Waals surface area (Å²) < 4.78 is 5.63. The summed E-state index contributed by atoms with van der Waals surface area (Å²) >= 11 is 3.54. The van der Waals surface area contributed by atoms with Crippen LogP contribution in [0.25, 0.3) is 0 Å². The van der Waals surface area contributed by atoms with Crippen LogP contribution in [0.2, 0.25) is 0 Å². The summed E-state index contributed by atoms with van der Waals surface area (Å²) in [4.78, 5) is 20.1. The van der Waals surface area contributed by atoms with Crippen LogP contribution in [0.4, 0.5) is 11.6 Å². The Hall–Kier alpha value is -1.95. The second-order valence-corrected chi connectivity index (χ2v) is 5.75. The lowest BCUT2D eigenvalue weighted by atomic mass is 10.1. The van der Waals surface area contributed by atoms with E-state index < -0.39 is 5.97 Å². The number of halogens is 1. The molecule has 0 saturated heterocycles. The molecule has 0 aliphatic carbocycles. The first-order valence-electron chi connectivity index (χ1n) is 7.03. The molecule has 2 rings (SSSR count). The molecule has 1 aromatic heterocycles. The van der Waals surface area contributed by atoms with Gasteiger partial charge in [0.1, 0.15) is 0 Å². The molecule has 0 aliphatic heterocycles. The Bertz CT molecular complexity index is 689. The standard InChI is InChI=1S/C16H18BrN3O2/c1-4-5-11-6-7-13(12(17)9-11)19-16-18-10(2)8-14(20-16)15(21)22-3/h6-9H,4-5H2,1-3H3,(H,18,19,20). The van der Waals surface area contributed by atoms with E-state index in [0.29, 0.717) is 11.6 Å². The summed E-state index contributed by atoms with van der Waals surface area (Å²) in [5, 5.41) is 3.12. The van der Waals surface area contributed by atoms with Crippen LogP contribution in [-0.2, 0) is 11.2 Å². The summed E-state index contributed by atoms with van der Waals surface area (Å²) in [6, 6.07) is 7.70. The second-order valence-electron chi connectivity index (χ2n) is 4.90. The van der Waals surface area contributed by atoms with Crippen molar-refractivity contribution in [3.8, 4) is 0 Å². The van der Waals surface area contributed by atoms with Crippen molar-refractivity contribution in [1.29, 1.82) is 0 Å². The first-order valence-corrected chi connectivity index (χ1v) is 7.82. The fraction of sp³-hybridized carbons (Fsp3) is 0.312. The van der Waals surface area contributed by atoms with Gasteiger partial charge in [-0.25, -0.2) is 14.8 Å². The summed E-state index contributed by atoms with van der Waals surface area (Å²) in [7, 11) is 1.33. The predicted octanol–water partition coefficient (Wildman–Crippen LogP) is 4.03. The molecular formula is C16H18BrN3O2. The third-order valence-electron chi connectivity index (χ3n) is 3.07. The van der Waals surface area contributed by atoms with Crippen molar-refractivity contribution in [1.82, 2.24) is 9.97 Å². The van der Waals surface area contributed by atoms with Gasteiger partial charge >= 0.3 is 5.97 Å². The first kappa shape index (κ1) is 16.4. The number of ether oxygens (including phenoxy) is 1. The number of aromatic nitrogens is 2. The molecule has 2 aromatic rings. The van der Waals surface area contributed by atoms with E-state index in [1.165, 1.54) is 12.7 Å². The third kappa shape index (κ3) is 4.04. The zero-order valence-electron chi connectivity index (χ0n) is 12.8. The predicted molar refractivity (Wildman–Crippen MR) is 89.5 cm³/mol. The van der Waals surface area contributed by atoms with Crippen LogP contribution >= 0.6 is 15.9 Å². The Morgan fingerprint density at radius 2 is 2.09 bits per heavy atom. The van der Waals surface area contributed by atoms with E-state index in [1.54, 1.807) is 13.0 Å². The van der Waals surface area contributed by atoms with Crippen LogP contribution in [0.5, 0.6) is 0 Å². The van der Waals surface area contributed by atoms with Crippen LogP contribution < -0.4 is 5.32 Å². The number of benzene rings is 1. The second kappa shape index (κ2) is 7.35. The molecular weight excluding hydrogens is 346 g/mol. The summed E-state index contributed by atoms with van der Waals surface area (Å²) in [6.07, 6.45) is 2.13. The van der Waals surface area contributed by atoms with Gasteiger partial charge in [0, 0.05) is 10.2 Å². The minimum atomic E-state index is -0.481. The molecule has 22 heavy (non-hydrogen) atoms. The zero-order valence-corrected chi connectivity index (χ0v) is 14.4. The van der Waals surface area contributed by atoms with Gasteiger partial charge < -0.3 is 10.1 Å². The number of rotatable bonds is 5. The van der Waals surface area contributed by atoms with E-state index in [0.717, 1.165) is 23.0 Å². The number of anilines is 2. The monoisotopic (exact) mass is 363 g/mol. The zero-order chi connectivity index (χ0) is 16.1. The molecule has 0 radical (unpaired) electrons.